The van der Waals surface area contributed by atoms with Crippen molar-refractivity contribution in [2.45, 2.75) is 51.7 Å². The lowest BCUT2D eigenvalue weighted by Crippen LogP contribution is -2.40. The van der Waals surface area contributed by atoms with Crippen LogP contribution in [0.15, 0.2) is 48.5 Å². The Kier molecular flexibility index (Phi) is 6.12. The topological polar surface area (TPSA) is 27.7 Å². The van der Waals surface area contributed by atoms with Crippen LogP contribution in [0.2, 0.25) is 0 Å². The van der Waals surface area contributed by atoms with Crippen molar-refractivity contribution >= 4 is 0 Å². The van der Waals surface area contributed by atoms with Crippen LogP contribution in [0.25, 0.3) is 0 Å². The molecule has 0 atom stereocenters. The molecule has 0 radical (unpaired) electrons. The van der Waals surface area contributed by atoms with Crippen LogP contribution in [-0.2, 0) is 17.6 Å². The molecule has 0 unspecified atom stereocenters. The van der Waals surface area contributed by atoms with E-state index in [0.717, 1.165) is 24.3 Å². The molecule has 0 heterocycles. The Balaban J connectivity index is 2.05. The second-order valence-electron chi connectivity index (χ2n) is 7.68. The van der Waals surface area contributed by atoms with Crippen molar-refractivity contribution in [3.63, 3.8) is 0 Å². The quantitative estimate of drug-likeness (QED) is 0.671. The van der Waals surface area contributed by atoms with Crippen LogP contribution in [0.4, 0.5) is 0 Å². The van der Waals surface area contributed by atoms with Gasteiger partial charge in [-0.3, -0.25) is 0 Å². The summed E-state index contributed by atoms with van der Waals surface area (Å²) in [6.07, 6.45) is 1.65. The maximum Gasteiger partial charge on any atom is 0.119 e. The summed E-state index contributed by atoms with van der Waals surface area (Å²) in [6.45, 7) is 8.55. The number of methoxy groups -OCH3 is 2. The Morgan fingerprint density at radius 1 is 0.680 bits per heavy atom. The molecular weight excluding hydrogens is 312 g/mol. The van der Waals surface area contributed by atoms with Crippen LogP contribution < -0.4 is 9.47 Å². The normalized spacial score (nSPS) is 12.1. The molecule has 0 saturated heterocycles. The Labute approximate surface area is 151 Å². The van der Waals surface area contributed by atoms with Crippen LogP contribution in [0.5, 0.6) is 11.5 Å². The number of rotatable bonds is 8. The third-order valence-corrected chi connectivity index (χ3v) is 4.08. The first-order chi connectivity index (χ1) is 11.7. The molecule has 0 spiro atoms. The molecule has 3 nitrogen and oxygen atoms in total. The van der Waals surface area contributed by atoms with Crippen molar-refractivity contribution in [1.82, 2.24) is 0 Å². The first kappa shape index (κ1) is 19.3. The highest BCUT2D eigenvalue weighted by Crippen LogP contribution is 2.28. The van der Waals surface area contributed by atoms with Gasteiger partial charge in [0.25, 0.3) is 0 Å². The van der Waals surface area contributed by atoms with Gasteiger partial charge in [0.05, 0.1) is 25.4 Å². The van der Waals surface area contributed by atoms with Gasteiger partial charge in [0.1, 0.15) is 11.5 Å². The second-order valence-corrected chi connectivity index (χ2v) is 7.68. The zero-order valence-corrected chi connectivity index (χ0v) is 16.3. The third-order valence-electron chi connectivity index (χ3n) is 4.08. The monoisotopic (exact) mass is 342 g/mol. The molecule has 0 aliphatic heterocycles. The van der Waals surface area contributed by atoms with Gasteiger partial charge in [-0.1, -0.05) is 24.3 Å². The zero-order chi connectivity index (χ0) is 18.5. The van der Waals surface area contributed by atoms with Crippen molar-refractivity contribution < 1.29 is 14.2 Å². The van der Waals surface area contributed by atoms with Crippen LogP contribution in [0, 0.1) is 0 Å². The predicted octanol–water partition coefficient (Wildman–Crippen LogP) is 5.06. The number of hydrogen-bond donors (Lipinski definition) is 0. The summed E-state index contributed by atoms with van der Waals surface area (Å²) in [6, 6.07) is 16.3. The molecule has 0 saturated carbocycles. The first-order valence-corrected chi connectivity index (χ1v) is 8.69. The van der Waals surface area contributed by atoms with E-state index in [1.807, 2.05) is 24.3 Å². The van der Waals surface area contributed by atoms with Crippen LogP contribution in [0.3, 0.4) is 0 Å². The Bertz CT molecular complexity index is 630. The van der Waals surface area contributed by atoms with E-state index in [1.165, 1.54) is 11.1 Å². The van der Waals surface area contributed by atoms with Gasteiger partial charge in [-0.15, -0.1) is 0 Å². The van der Waals surface area contributed by atoms with E-state index in [-0.39, 0.29) is 11.2 Å². The van der Waals surface area contributed by atoms with Gasteiger partial charge in [0.15, 0.2) is 0 Å². The first-order valence-electron chi connectivity index (χ1n) is 8.69. The third kappa shape index (κ3) is 6.09. The van der Waals surface area contributed by atoms with Crippen molar-refractivity contribution in [2.75, 3.05) is 14.2 Å². The van der Waals surface area contributed by atoms with Crippen molar-refractivity contribution in [3.05, 3.63) is 59.7 Å². The maximum atomic E-state index is 6.50. The standard InChI is InChI=1S/C22H30O3/c1-21(2,15-17-9-7-11-19(13-17)23-5)25-22(3,4)16-18-10-8-12-20(14-18)24-6/h7-14H,15-16H2,1-6H3. The second kappa shape index (κ2) is 7.92. The smallest absolute Gasteiger partial charge is 0.119 e. The predicted molar refractivity (Wildman–Crippen MR) is 103 cm³/mol. The molecule has 0 N–H and O–H groups in total. The van der Waals surface area contributed by atoms with Crippen LogP contribution in [-0.4, -0.2) is 25.4 Å². The summed E-state index contributed by atoms with van der Waals surface area (Å²) >= 11 is 0. The average molecular weight is 342 g/mol. The van der Waals surface area contributed by atoms with Gasteiger partial charge in [0, 0.05) is 12.8 Å². The van der Waals surface area contributed by atoms with E-state index in [2.05, 4.69) is 52.0 Å². The fourth-order valence-electron chi connectivity index (χ4n) is 3.37. The Hall–Kier alpha value is -2.00. The number of hydrogen-bond acceptors (Lipinski definition) is 3. The number of benzene rings is 2. The van der Waals surface area contributed by atoms with Crippen molar-refractivity contribution in [2.24, 2.45) is 0 Å². The molecule has 2 aromatic rings. The minimum Gasteiger partial charge on any atom is -0.497 e. The van der Waals surface area contributed by atoms with Crippen LogP contribution >= 0.6 is 0 Å². The average Bonchev–Trinajstić information content (AvgIpc) is 2.53. The van der Waals surface area contributed by atoms with Gasteiger partial charge in [0.2, 0.25) is 0 Å². The van der Waals surface area contributed by atoms with E-state index in [0.29, 0.717) is 0 Å². The van der Waals surface area contributed by atoms with Gasteiger partial charge < -0.3 is 14.2 Å². The minimum atomic E-state index is -0.283. The van der Waals surface area contributed by atoms with E-state index in [4.69, 9.17) is 14.2 Å². The fraction of sp³-hybridized carbons (Fsp3) is 0.455. The summed E-state index contributed by atoms with van der Waals surface area (Å²) < 4.78 is 17.1. The molecule has 0 aliphatic rings. The maximum absolute atomic E-state index is 6.50. The fourth-order valence-corrected chi connectivity index (χ4v) is 3.37. The minimum absolute atomic E-state index is 0.283. The summed E-state index contributed by atoms with van der Waals surface area (Å²) in [5.74, 6) is 1.76. The largest absolute Gasteiger partial charge is 0.497 e. The molecule has 0 amide bonds. The lowest BCUT2D eigenvalue weighted by molar-refractivity contribution is -0.121. The molecule has 2 rings (SSSR count). The molecule has 2 aromatic carbocycles. The molecule has 0 aliphatic carbocycles. The Morgan fingerprint density at radius 3 is 1.44 bits per heavy atom. The SMILES string of the molecule is COc1cccc(CC(C)(C)OC(C)(C)Cc2cccc(OC)c2)c1. The van der Waals surface area contributed by atoms with E-state index in [9.17, 15) is 0 Å². The van der Waals surface area contributed by atoms with Crippen molar-refractivity contribution in [1.29, 1.82) is 0 Å². The van der Waals surface area contributed by atoms with E-state index in [1.54, 1.807) is 14.2 Å². The zero-order valence-electron chi connectivity index (χ0n) is 16.3. The highest BCUT2D eigenvalue weighted by atomic mass is 16.5. The lowest BCUT2D eigenvalue weighted by Gasteiger charge is -2.36. The van der Waals surface area contributed by atoms with Crippen molar-refractivity contribution in [3.8, 4) is 11.5 Å². The molecule has 0 fully saturated rings. The van der Waals surface area contributed by atoms with E-state index >= 15 is 0 Å². The van der Waals surface area contributed by atoms with E-state index < -0.39 is 0 Å². The summed E-state index contributed by atoms with van der Waals surface area (Å²) in [5.41, 5.74) is 1.85. The van der Waals surface area contributed by atoms with Gasteiger partial charge in [-0.05, 0) is 63.1 Å². The molecule has 0 bridgehead atoms. The Morgan fingerprint density at radius 2 is 1.08 bits per heavy atom. The highest BCUT2D eigenvalue weighted by molar-refractivity contribution is 5.30. The van der Waals surface area contributed by atoms with Crippen LogP contribution in [0.1, 0.15) is 38.8 Å². The highest BCUT2D eigenvalue weighted by Gasteiger charge is 2.30. The van der Waals surface area contributed by atoms with Gasteiger partial charge in [-0.25, -0.2) is 0 Å². The summed E-state index contributed by atoms with van der Waals surface area (Å²) in [7, 11) is 3.38. The molecule has 0 aromatic heterocycles. The summed E-state index contributed by atoms with van der Waals surface area (Å²) in [4.78, 5) is 0. The lowest BCUT2D eigenvalue weighted by atomic mass is 9.93. The number of ether oxygens (including phenoxy) is 3. The summed E-state index contributed by atoms with van der Waals surface area (Å²) in [5, 5.41) is 0. The molecule has 136 valence electrons. The molecular formula is C22H30O3. The molecule has 25 heavy (non-hydrogen) atoms. The van der Waals surface area contributed by atoms with Gasteiger partial charge >= 0.3 is 0 Å². The van der Waals surface area contributed by atoms with Gasteiger partial charge in [-0.2, -0.15) is 0 Å². The molecule has 3 heteroatoms.